The SMILES string of the molecule is O=Cc1cccc(Oc2c(Cl)cccc2[N+](=O)[O-])c1. The van der Waals surface area contributed by atoms with Crippen LogP contribution in [0, 0.1) is 10.1 Å². The Morgan fingerprint density at radius 3 is 2.63 bits per heavy atom. The van der Waals surface area contributed by atoms with Gasteiger partial charge in [-0.1, -0.05) is 29.8 Å². The Morgan fingerprint density at radius 2 is 1.95 bits per heavy atom. The second-order valence-electron chi connectivity index (χ2n) is 3.64. The van der Waals surface area contributed by atoms with Gasteiger partial charge in [0.15, 0.2) is 0 Å². The van der Waals surface area contributed by atoms with Gasteiger partial charge in [-0.05, 0) is 18.2 Å². The van der Waals surface area contributed by atoms with Gasteiger partial charge in [0.25, 0.3) is 0 Å². The third-order valence-electron chi connectivity index (χ3n) is 2.36. The maximum atomic E-state index is 10.9. The monoisotopic (exact) mass is 277 g/mol. The second kappa shape index (κ2) is 5.49. The number of nitrogens with zero attached hydrogens (tertiary/aromatic N) is 1. The first kappa shape index (κ1) is 13.0. The topological polar surface area (TPSA) is 69.4 Å². The van der Waals surface area contributed by atoms with Crippen molar-refractivity contribution in [1.82, 2.24) is 0 Å². The van der Waals surface area contributed by atoms with Crippen LogP contribution in [0.25, 0.3) is 0 Å². The minimum absolute atomic E-state index is 0.0442. The largest absolute Gasteiger partial charge is 0.449 e. The molecule has 0 spiro atoms. The van der Waals surface area contributed by atoms with E-state index in [9.17, 15) is 14.9 Å². The quantitative estimate of drug-likeness (QED) is 0.483. The van der Waals surface area contributed by atoms with Crippen LogP contribution in [-0.4, -0.2) is 11.2 Å². The fourth-order valence-electron chi connectivity index (χ4n) is 1.51. The van der Waals surface area contributed by atoms with E-state index < -0.39 is 4.92 Å². The summed E-state index contributed by atoms with van der Waals surface area (Å²) in [5.41, 5.74) is 0.177. The average Bonchev–Trinajstić information content (AvgIpc) is 2.41. The molecule has 0 fully saturated rings. The third-order valence-corrected chi connectivity index (χ3v) is 2.65. The number of hydrogen-bond donors (Lipinski definition) is 0. The molecule has 0 atom stereocenters. The van der Waals surface area contributed by atoms with Gasteiger partial charge in [0.05, 0.1) is 9.95 Å². The van der Waals surface area contributed by atoms with Crippen LogP contribution in [0.5, 0.6) is 11.5 Å². The van der Waals surface area contributed by atoms with Gasteiger partial charge in [-0.15, -0.1) is 0 Å². The third kappa shape index (κ3) is 2.89. The Labute approximate surface area is 113 Å². The van der Waals surface area contributed by atoms with Crippen molar-refractivity contribution >= 4 is 23.6 Å². The lowest BCUT2D eigenvalue weighted by Crippen LogP contribution is -1.94. The number of halogens is 1. The highest BCUT2D eigenvalue weighted by Gasteiger charge is 2.18. The molecule has 0 aliphatic carbocycles. The Balaban J connectivity index is 2.42. The molecule has 0 unspecified atom stereocenters. The lowest BCUT2D eigenvalue weighted by atomic mass is 10.2. The molecule has 2 aromatic carbocycles. The van der Waals surface area contributed by atoms with E-state index in [-0.39, 0.29) is 16.5 Å². The molecule has 0 aromatic heterocycles. The van der Waals surface area contributed by atoms with Crippen LogP contribution in [0.2, 0.25) is 5.02 Å². The van der Waals surface area contributed by atoms with Crippen LogP contribution in [-0.2, 0) is 0 Å². The molecule has 19 heavy (non-hydrogen) atoms. The Bertz CT molecular complexity index is 642. The lowest BCUT2D eigenvalue weighted by Gasteiger charge is -2.08. The van der Waals surface area contributed by atoms with Crippen molar-refractivity contribution in [3.05, 3.63) is 63.2 Å². The van der Waals surface area contributed by atoms with Crippen molar-refractivity contribution < 1.29 is 14.5 Å². The highest BCUT2D eigenvalue weighted by molar-refractivity contribution is 6.32. The Morgan fingerprint density at radius 1 is 1.21 bits per heavy atom. The van der Waals surface area contributed by atoms with E-state index in [1.807, 2.05) is 0 Å². The van der Waals surface area contributed by atoms with Gasteiger partial charge in [-0.3, -0.25) is 14.9 Å². The van der Waals surface area contributed by atoms with Crippen LogP contribution in [0.1, 0.15) is 10.4 Å². The first-order chi connectivity index (χ1) is 9.11. The molecule has 0 saturated heterocycles. The standard InChI is InChI=1S/C13H8ClNO4/c14-11-5-2-6-12(15(17)18)13(11)19-10-4-1-3-9(7-10)8-16/h1-8H. The van der Waals surface area contributed by atoms with Crippen LogP contribution in [0.3, 0.4) is 0 Å². The van der Waals surface area contributed by atoms with E-state index in [4.69, 9.17) is 16.3 Å². The van der Waals surface area contributed by atoms with Crippen LogP contribution >= 0.6 is 11.6 Å². The summed E-state index contributed by atoms with van der Waals surface area (Å²) in [6.07, 6.45) is 0.661. The highest BCUT2D eigenvalue weighted by atomic mass is 35.5. The predicted molar refractivity (Wildman–Crippen MR) is 70.0 cm³/mol. The zero-order chi connectivity index (χ0) is 13.8. The maximum Gasteiger partial charge on any atom is 0.313 e. The summed E-state index contributed by atoms with van der Waals surface area (Å²) >= 11 is 5.90. The van der Waals surface area contributed by atoms with E-state index in [1.165, 1.54) is 24.3 Å². The van der Waals surface area contributed by atoms with Gasteiger partial charge in [-0.2, -0.15) is 0 Å². The van der Waals surface area contributed by atoms with Crippen LogP contribution in [0.15, 0.2) is 42.5 Å². The first-order valence-corrected chi connectivity index (χ1v) is 5.65. The summed E-state index contributed by atoms with van der Waals surface area (Å²) < 4.78 is 5.41. The molecule has 2 rings (SSSR count). The smallest absolute Gasteiger partial charge is 0.313 e. The van der Waals surface area contributed by atoms with E-state index >= 15 is 0 Å². The summed E-state index contributed by atoms with van der Waals surface area (Å²) in [5, 5.41) is 11.0. The summed E-state index contributed by atoms with van der Waals surface area (Å²) in [7, 11) is 0. The van der Waals surface area contributed by atoms with Crippen molar-refractivity contribution in [3.8, 4) is 11.5 Å². The molecule has 0 aliphatic rings. The number of para-hydroxylation sites is 1. The molecule has 2 aromatic rings. The van der Waals surface area contributed by atoms with E-state index in [0.29, 0.717) is 17.6 Å². The van der Waals surface area contributed by atoms with Crippen molar-refractivity contribution in [1.29, 1.82) is 0 Å². The number of carbonyl (C=O) groups excluding carboxylic acids is 1. The Kier molecular flexibility index (Phi) is 3.77. The molecule has 0 amide bonds. The van der Waals surface area contributed by atoms with Crippen molar-refractivity contribution in [3.63, 3.8) is 0 Å². The second-order valence-corrected chi connectivity index (χ2v) is 4.04. The van der Waals surface area contributed by atoms with Gasteiger partial charge >= 0.3 is 5.69 Å². The minimum atomic E-state index is -0.579. The van der Waals surface area contributed by atoms with E-state index in [2.05, 4.69) is 0 Å². The number of carbonyl (C=O) groups is 1. The zero-order valence-corrected chi connectivity index (χ0v) is 10.3. The number of benzene rings is 2. The molecular formula is C13H8ClNO4. The van der Waals surface area contributed by atoms with Crippen molar-refractivity contribution in [2.45, 2.75) is 0 Å². The van der Waals surface area contributed by atoms with E-state index in [0.717, 1.165) is 0 Å². The van der Waals surface area contributed by atoms with Crippen molar-refractivity contribution in [2.75, 3.05) is 0 Å². The number of aldehydes is 1. The number of hydrogen-bond acceptors (Lipinski definition) is 4. The fraction of sp³-hybridized carbons (Fsp3) is 0. The summed E-state index contributed by atoms with van der Waals surface area (Å²) in [5.74, 6) is 0.262. The summed E-state index contributed by atoms with van der Waals surface area (Å²) in [6, 6.07) is 10.5. The molecule has 0 heterocycles. The predicted octanol–water partition coefficient (Wildman–Crippen LogP) is 3.85. The number of ether oxygens (including phenoxy) is 1. The molecule has 0 bridgehead atoms. The zero-order valence-electron chi connectivity index (χ0n) is 9.58. The Hall–Kier alpha value is -2.40. The van der Waals surface area contributed by atoms with Gasteiger partial charge in [0, 0.05) is 11.6 Å². The van der Waals surface area contributed by atoms with E-state index in [1.54, 1.807) is 18.2 Å². The van der Waals surface area contributed by atoms with Crippen LogP contribution < -0.4 is 4.74 Å². The summed E-state index contributed by atoms with van der Waals surface area (Å²) in [4.78, 5) is 21.0. The highest BCUT2D eigenvalue weighted by Crippen LogP contribution is 2.37. The molecule has 0 radical (unpaired) electrons. The molecule has 5 nitrogen and oxygen atoms in total. The van der Waals surface area contributed by atoms with Gasteiger partial charge < -0.3 is 4.74 Å². The molecule has 96 valence electrons. The maximum absolute atomic E-state index is 10.9. The molecule has 0 saturated carbocycles. The summed E-state index contributed by atoms with van der Waals surface area (Å²) in [6.45, 7) is 0. The van der Waals surface area contributed by atoms with Crippen LogP contribution in [0.4, 0.5) is 5.69 Å². The van der Waals surface area contributed by atoms with Crippen molar-refractivity contribution in [2.24, 2.45) is 0 Å². The fourth-order valence-corrected chi connectivity index (χ4v) is 1.72. The minimum Gasteiger partial charge on any atom is -0.449 e. The van der Waals surface area contributed by atoms with Gasteiger partial charge in [0.1, 0.15) is 12.0 Å². The molecule has 0 N–H and O–H groups in total. The molecule has 6 heteroatoms. The van der Waals surface area contributed by atoms with Gasteiger partial charge in [0.2, 0.25) is 5.75 Å². The molecular weight excluding hydrogens is 270 g/mol. The average molecular weight is 278 g/mol. The number of rotatable bonds is 4. The number of nitro groups is 1. The molecule has 0 aliphatic heterocycles. The normalized spacial score (nSPS) is 9.95. The first-order valence-electron chi connectivity index (χ1n) is 5.28. The number of nitro benzene ring substituents is 1. The lowest BCUT2D eigenvalue weighted by molar-refractivity contribution is -0.385. The van der Waals surface area contributed by atoms with Gasteiger partial charge in [-0.25, -0.2) is 0 Å².